The van der Waals surface area contributed by atoms with Gasteiger partial charge < -0.3 is 10.4 Å². The predicted molar refractivity (Wildman–Crippen MR) is 80.2 cm³/mol. The summed E-state index contributed by atoms with van der Waals surface area (Å²) in [5.41, 5.74) is 1.54. The van der Waals surface area contributed by atoms with Crippen LogP contribution in [0.15, 0.2) is 30.4 Å². The van der Waals surface area contributed by atoms with E-state index in [0.29, 0.717) is 10.7 Å². The van der Waals surface area contributed by atoms with Crippen LogP contribution in [-0.2, 0) is 9.59 Å². The summed E-state index contributed by atoms with van der Waals surface area (Å²) in [7, 11) is 0. The normalized spacial score (nSPS) is 29.6. The second-order valence-corrected chi connectivity index (χ2v) is 6.22. The molecule has 1 fully saturated rings. The molecule has 2 aliphatic carbocycles. The van der Waals surface area contributed by atoms with Gasteiger partial charge in [-0.2, -0.15) is 0 Å². The topological polar surface area (TPSA) is 66.4 Å². The van der Waals surface area contributed by atoms with E-state index in [2.05, 4.69) is 5.32 Å². The maximum absolute atomic E-state index is 12.5. The Kier molecular flexibility index (Phi) is 3.49. The zero-order valence-electron chi connectivity index (χ0n) is 11.5. The van der Waals surface area contributed by atoms with Gasteiger partial charge in [0.15, 0.2) is 0 Å². The number of anilines is 1. The largest absolute Gasteiger partial charge is 0.481 e. The highest BCUT2D eigenvalue weighted by molar-refractivity contribution is 6.30. The lowest BCUT2D eigenvalue weighted by molar-refractivity contribution is -0.146. The number of carboxylic acid groups (broad SMARTS) is 1. The Labute approximate surface area is 127 Å². The minimum absolute atomic E-state index is 0.0189. The quantitative estimate of drug-likeness (QED) is 0.843. The summed E-state index contributed by atoms with van der Waals surface area (Å²) in [5.74, 6) is -2.21. The first-order valence-electron chi connectivity index (χ1n) is 6.95. The summed E-state index contributed by atoms with van der Waals surface area (Å²) in [4.78, 5) is 24.0. The molecule has 2 unspecified atom stereocenters. The van der Waals surface area contributed by atoms with Crippen molar-refractivity contribution in [2.75, 3.05) is 5.32 Å². The molecule has 4 nitrogen and oxygen atoms in total. The van der Waals surface area contributed by atoms with Crippen LogP contribution in [0.25, 0.3) is 0 Å². The minimum Gasteiger partial charge on any atom is -0.481 e. The number of amides is 1. The highest BCUT2D eigenvalue weighted by Crippen LogP contribution is 2.48. The number of hydrogen-bond donors (Lipinski definition) is 2. The molecule has 21 heavy (non-hydrogen) atoms. The fourth-order valence-corrected chi connectivity index (χ4v) is 3.73. The summed E-state index contributed by atoms with van der Waals surface area (Å²) in [6.07, 6.45) is 4.67. The number of benzene rings is 1. The van der Waals surface area contributed by atoms with Crippen molar-refractivity contribution < 1.29 is 14.7 Å². The van der Waals surface area contributed by atoms with Crippen LogP contribution in [0.4, 0.5) is 5.69 Å². The second-order valence-electron chi connectivity index (χ2n) is 5.79. The molecular formula is C16H16ClNO3. The summed E-state index contributed by atoms with van der Waals surface area (Å²) in [6, 6.07) is 5.22. The van der Waals surface area contributed by atoms with E-state index in [4.69, 9.17) is 11.6 Å². The highest BCUT2D eigenvalue weighted by Gasteiger charge is 2.51. The van der Waals surface area contributed by atoms with Gasteiger partial charge in [0, 0.05) is 10.7 Å². The number of hydrogen-bond acceptors (Lipinski definition) is 2. The van der Waals surface area contributed by atoms with Gasteiger partial charge in [-0.25, -0.2) is 0 Å². The molecule has 0 spiro atoms. The molecule has 1 amide bonds. The van der Waals surface area contributed by atoms with Crippen molar-refractivity contribution in [3.05, 3.63) is 40.9 Å². The van der Waals surface area contributed by atoms with E-state index < -0.39 is 17.8 Å². The molecule has 110 valence electrons. The van der Waals surface area contributed by atoms with E-state index in [0.717, 1.165) is 12.0 Å². The van der Waals surface area contributed by atoms with Crippen molar-refractivity contribution in [1.82, 2.24) is 0 Å². The monoisotopic (exact) mass is 305 g/mol. The molecule has 1 aromatic rings. The molecule has 2 bridgehead atoms. The van der Waals surface area contributed by atoms with Crippen molar-refractivity contribution in [3.63, 3.8) is 0 Å². The first kappa shape index (κ1) is 14.1. The third-order valence-corrected chi connectivity index (χ3v) is 4.73. The SMILES string of the molecule is Cc1cc(Cl)ccc1NC(=O)[C@H]1C2C=CC(C2)[C@H]1C(=O)O. The molecule has 1 aromatic carbocycles. The first-order chi connectivity index (χ1) is 9.97. The number of carbonyl (C=O) groups is 2. The van der Waals surface area contributed by atoms with E-state index in [1.807, 2.05) is 19.1 Å². The number of carboxylic acids is 1. The van der Waals surface area contributed by atoms with Gasteiger partial charge in [0.05, 0.1) is 11.8 Å². The van der Waals surface area contributed by atoms with Crippen molar-refractivity contribution in [1.29, 1.82) is 0 Å². The first-order valence-corrected chi connectivity index (χ1v) is 7.33. The Morgan fingerprint density at radius 3 is 2.52 bits per heavy atom. The van der Waals surface area contributed by atoms with Gasteiger partial charge in [-0.05, 0) is 48.9 Å². The van der Waals surface area contributed by atoms with Gasteiger partial charge in [-0.15, -0.1) is 0 Å². The van der Waals surface area contributed by atoms with Crippen LogP contribution in [0.2, 0.25) is 5.02 Å². The van der Waals surface area contributed by atoms with E-state index in [9.17, 15) is 14.7 Å². The lowest BCUT2D eigenvalue weighted by Crippen LogP contribution is -2.36. The van der Waals surface area contributed by atoms with E-state index in [1.165, 1.54) is 0 Å². The Hall–Kier alpha value is -1.81. The number of halogens is 1. The van der Waals surface area contributed by atoms with E-state index in [-0.39, 0.29) is 17.7 Å². The van der Waals surface area contributed by atoms with E-state index in [1.54, 1.807) is 18.2 Å². The summed E-state index contributed by atoms with van der Waals surface area (Å²) in [6.45, 7) is 1.86. The minimum atomic E-state index is -0.889. The van der Waals surface area contributed by atoms with Crippen molar-refractivity contribution >= 4 is 29.2 Å². The Bertz CT molecular complexity index is 640. The van der Waals surface area contributed by atoms with Crippen LogP contribution < -0.4 is 5.32 Å². The molecule has 0 radical (unpaired) electrons. The lowest BCUT2D eigenvalue weighted by Gasteiger charge is -2.24. The van der Waals surface area contributed by atoms with Crippen LogP contribution in [0.5, 0.6) is 0 Å². The van der Waals surface area contributed by atoms with Crippen LogP contribution in [0, 0.1) is 30.6 Å². The summed E-state index contributed by atoms with van der Waals surface area (Å²) < 4.78 is 0. The third kappa shape index (κ3) is 2.44. The molecule has 0 aromatic heterocycles. The Morgan fingerprint density at radius 1 is 1.24 bits per heavy atom. The molecule has 0 heterocycles. The lowest BCUT2D eigenvalue weighted by atomic mass is 9.82. The zero-order chi connectivity index (χ0) is 15.1. The zero-order valence-corrected chi connectivity index (χ0v) is 12.3. The van der Waals surface area contributed by atoms with Gasteiger partial charge in [0.25, 0.3) is 0 Å². The number of nitrogens with one attached hydrogen (secondary N) is 1. The molecule has 0 saturated heterocycles. The van der Waals surface area contributed by atoms with Crippen molar-refractivity contribution in [2.45, 2.75) is 13.3 Å². The maximum atomic E-state index is 12.5. The molecular weight excluding hydrogens is 290 g/mol. The Morgan fingerprint density at radius 2 is 1.90 bits per heavy atom. The van der Waals surface area contributed by atoms with Gasteiger partial charge in [0.2, 0.25) is 5.91 Å². The molecule has 2 aliphatic rings. The average molecular weight is 306 g/mol. The van der Waals surface area contributed by atoms with Crippen molar-refractivity contribution in [2.24, 2.45) is 23.7 Å². The summed E-state index contributed by atoms with van der Waals surface area (Å²) in [5, 5.41) is 12.8. The number of rotatable bonds is 3. The average Bonchev–Trinajstić information content (AvgIpc) is 3.02. The number of carbonyl (C=O) groups excluding carboxylic acids is 1. The molecule has 5 heteroatoms. The molecule has 0 aliphatic heterocycles. The molecule has 3 rings (SSSR count). The van der Waals surface area contributed by atoms with Gasteiger partial charge in [0.1, 0.15) is 0 Å². The molecule has 4 atom stereocenters. The van der Waals surface area contributed by atoms with Crippen molar-refractivity contribution in [3.8, 4) is 0 Å². The van der Waals surface area contributed by atoms with Crippen LogP contribution in [0.3, 0.4) is 0 Å². The van der Waals surface area contributed by atoms with Gasteiger partial charge >= 0.3 is 5.97 Å². The number of aliphatic carboxylic acids is 1. The van der Waals surface area contributed by atoms with Gasteiger partial charge in [-0.1, -0.05) is 23.8 Å². The smallest absolute Gasteiger partial charge is 0.307 e. The Balaban J connectivity index is 1.82. The predicted octanol–water partition coefficient (Wildman–Crippen LogP) is 3.11. The fraction of sp³-hybridized carbons (Fsp3) is 0.375. The number of allylic oxidation sites excluding steroid dienone is 2. The summed E-state index contributed by atoms with van der Waals surface area (Å²) >= 11 is 5.90. The molecule has 1 saturated carbocycles. The van der Waals surface area contributed by atoms with Crippen LogP contribution >= 0.6 is 11.6 Å². The third-order valence-electron chi connectivity index (χ3n) is 4.49. The number of aryl methyl sites for hydroxylation is 1. The van der Waals surface area contributed by atoms with Crippen LogP contribution in [0.1, 0.15) is 12.0 Å². The standard InChI is InChI=1S/C16H16ClNO3/c1-8-6-11(17)4-5-12(8)18-15(19)13-9-2-3-10(7-9)14(13)16(20)21/h2-6,9-10,13-14H,7H2,1H3,(H,18,19)(H,20,21)/t9?,10?,13-,14+/m0/s1. The fourth-order valence-electron chi connectivity index (χ4n) is 3.50. The van der Waals surface area contributed by atoms with E-state index >= 15 is 0 Å². The number of fused-ring (bicyclic) bond motifs is 2. The second kappa shape index (κ2) is 5.19. The maximum Gasteiger partial charge on any atom is 0.307 e. The van der Waals surface area contributed by atoms with Gasteiger partial charge in [-0.3, -0.25) is 9.59 Å². The van der Waals surface area contributed by atoms with Crippen LogP contribution in [-0.4, -0.2) is 17.0 Å². The highest BCUT2D eigenvalue weighted by atomic mass is 35.5. The molecule has 2 N–H and O–H groups in total.